The van der Waals surface area contributed by atoms with Gasteiger partial charge in [0, 0.05) is 11.4 Å². The average molecular weight is 286 g/mol. The number of nitrogens with two attached hydrogens (primary N) is 2. The second-order valence-corrected chi connectivity index (χ2v) is 5.21. The van der Waals surface area contributed by atoms with E-state index in [1.54, 1.807) is 0 Å². The van der Waals surface area contributed by atoms with E-state index in [0.29, 0.717) is 0 Å². The highest BCUT2D eigenvalue weighted by Crippen LogP contribution is 2.16. The van der Waals surface area contributed by atoms with Crippen LogP contribution in [0.2, 0.25) is 0 Å². The van der Waals surface area contributed by atoms with Crippen LogP contribution in [-0.2, 0) is 0 Å². The number of anilines is 2. The highest BCUT2D eigenvalue weighted by Gasteiger charge is 1.90. The quantitative estimate of drug-likeness (QED) is 0.454. The summed E-state index contributed by atoms with van der Waals surface area (Å²) in [5, 5.41) is 4.88. The Morgan fingerprint density at radius 1 is 0.409 bits per heavy atom. The second kappa shape index (κ2) is 6.19. The SMILES string of the molecule is Nc1ccc2ccccc2c1.Nc1ccc2ccccc2c1. The zero-order valence-electron chi connectivity index (χ0n) is 12.2. The Balaban J connectivity index is 0.000000131. The van der Waals surface area contributed by atoms with E-state index in [1.165, 1.54) is 21.5 Å². The van der Waals surface area contributed by atoms with Crippen LogP contribution in [0.25, 0.3) is 21.5 Å². The van der Waals surface area contributed by atoms with Crippen LogP contribution >= 0.6 is 0 Å². The molecule has 0 unspecified atom stereocenters. The number of nitrogen functional groups attached to an aromatic ring is 2. The molecule has 108 valence electrons. The summed E-state index contributed by atoms with van der Waals surface area (Å²) in [4.78, 5) is 0. The molecule has 0 aliphatic carbocycles. The predicted molar refractivity (Wildman–Crippen MR) is 96.7 cm³/mol. The zero-order valence-corrected chi connectivity index (χ0v) is 12.2. The molecule has 4 N–H and O–H groups in total. The molecule has 0 aliphatic heterocycles. The molecule has 0 radical (unpaired) electrons. The first-order valence-corrected chi connectivity index (χ1v) is 7.21. The molecule has 0 amide bonds. The average Bonchev–Trinajstić information content (AvgIpc) is 2.55. The lowest BCUT2D eigenvalue weighted by molar-refractivity contribution is 1.73. The van der Waals surface area contributed by atoms with Gasteiger partial charge in [-0.25, -0.2) is 0 Å². The molecule has 4 aromatic carbocycles. The summed E-state index contributed by atoms with van der Waals surface area (Å²) in [5.74, 6) is 0. The molecule has 2 heteroatoms. The standard InChI is InChI=1S/2C10H9N/c2*11-10-6-5-8-3-1-2-4-9(8)7-10/h2*1-7H,11H2. The molecule has 4 rings (SSSR count). The van der Waals surface area contributed by atoms with Gasteiger partial charge in [0.25, 0.3) is 0 Å². The van der Waals surface area contributed by atoms with Gasteiger partial charge in [0.2, 0.25) is 0 Å². The molecule has 22 heavy (non-hydrogen) atoms. The molecule has 4 aromatic rings. The third kappa shape index (κ3) is 3.18. The van der Waals surface area contributed by atoms with Crippen LogP contribution in [0, 0.1) is 0 Å². The molecule has 0 fully saturated rings. The molecule has 0 spiro atoms. The van der Waals surface area contributed by atoms with Crippen LogP contribution in [-0.4, -0.2) is 0 Å². The van der Waals surface area contributed by atoms with E-state index in [-0.39, 0.29) is 0 Å². The first-order valence-electron chi connectivity index (χ1n) is 7.21. The van der Waals surface area contributed by atoms with E-state index < -0.39 is 0 Å². The summed E-state index contributed by atoms with van der Waals surface area (Å²) < 4.78 is 0. The van der Waals surface area contributed by atoms with Gasteiger partial charge in [0.15, 0.2) is 0 Å². The molecule has 0 bridgehead atoms. The third-order valence-electron chi connectivity index (χ3n) is 3.55. The number of fused-ring (bicyclic) bond motifs is 2. The topological polar surface area (TPSA) is 52.0 Å². The summed E-state index contributed by atoms with van der Waals surface area (Å²) in [6.45, 7) is 0. The highest BCUT2D eigenvalue weighted by atomic mass is 14.5. The summed E-state index contributed by atoms with van der Waals surface area (Å²) in [7, 11) is 0. The van der Waals surface area contributed by atoms with Crippen molar-refractivity contribution in [2.24, 2.45) is 0 Å². The maximum Gasteiger partial charge on any atom is 0.0320 e. The Bertz CT molecular complexity index is 836. The number of benzene rings is 4. The Morgan fingerprint density at radius 2 is 0.773 bits per heavy atom. The minimum absolute atomic E-state index is 0.823. The van der Waals surface area contributed by atoms with Gasteiger partial charge in [-0.1, -0.05) is 60.7 Å². The number of hydrogen-bond donors (Lipinski definition) is 2. The van der Waals surface area contributed by atoms with E-state index in [9.17, 15) is 0 Å². The minimum Gasteiger partial charge on any atom is -0.399 e. The van der Waals surface area contributed by atoms with Crippen LogP contribution in [0.15, 0.2) is 84.9 Å². The second-order valence-electron chi connectivity index (χ2n) is 5.21. The maximum absolute atomic E-state index is 5.62. The Hall–Kier alpha value is -3.00. The zero-order chi connectivity index (χ0) is 15.4. The van der Waals surface area contributed by atoms with Crippen molar-refractivity contribution < 1.29 is 0 Å². The van der Waals surface area contributed by atoms with Crippen LogP contribution in [0.1, 0.15) is 0 Å². The van der Waals surface area contributed by atoms with Crippen LogP contribution in [0.5, 0.6) is 0 Å². The molecule has 0 atom stereocenters. The lowest BCUT2D eigenvalue weighted by Gasteiger charge is -1.96. The van der Waals surface area contributed by atoms with Crippen molar-refractivity contribution in [3.05, 3.63) is 84.9 Å². The van der Waals surface area contributed by atoms with E-state index in [1.807, 2.05) is 60.7 Å². The van der Waals surface area contributed by atoms with Gasteiger partial charge in [-0.3, -0.25) is 0 Å². The molecule has 0 saturated heterocycles. The van der Waals surface area contributed by atoms with Crippen molar-refractivity contribution in [2.45, 2.75) is 0 Å². The van der Waals surface area contributed by atoms with Crippen molar-refractivity contribution in [3.63, 3.8) is 0 Å². The number of rotatable bonds is 0. The third-order valence-corrected chi connectivity index (χ3v) is 3.55. The first-order chi connectivity index (χ1) is 10.7. The summed E-state index contributed by atoms with van der Waals surface area (Å²) >= 11 is 0. The first kappa shape index (κ1) is 14.0. The predicted octanol–water partition coefficient (Wildman–Crippen LogP) is 4.84. The summed E-state index contributed by atoms with van der Waals surface area (Å²) in [6, 6.07) is 28.2. The molecule has 0 aromatic heterocycles. The van der Waals surface area contributed by atoms with E-state index in [4.69, 9.17) is 11.5 Å². The Kier molecular flexibility index (Phi) is 3.92. The summed E-state index contributed by atoms with van der Waals surface area (Å²) in [5.41, 5.74) is 12.9. The van der Waals surface area contributed by atoms with Crippen LogP contribution in [0.4, 0.5) is 11.4 Å². The monoisotopic (exact) mass is 286 g/mol. The highest BCUT2D eigenvalue weighted by molar-refractivity contribution is 5.85. The Labute approximate surface area is 130 Å². The van der Waals surface area contributed by atoms with Crippen LogP contribution in [0.3, 0.4) is 0 Å². The normalized spacial score (nSPS) is 10.2. The molecular weight excluding hydrogens is 268 g/mol. The lowest BCUT2D eigenvalue weighted by atomic mass is 10.1. The van der Waals surface area contributed by atoms with Gasteiger partial charge in [-0.15, -0.1) is 0 Å². The van der Waals surface area contributed by atoms with Gasteiger partial charge < -0.3 is 11.5 Å². The minimum atomic E-state index is 0.823. The van der Waals surface area contributed by atoms with E-state index in [2.05, 4.69) is 24.3 Å². The molecule has 2 nitrogen and oxygen atoms in total. The van der Waals surface area contributed by atoms with E-state index in [0.717, 1.165) is 11.4 Å². The van der Waals surface area contributed by atoms with E-state index >= 15 is 0 Å². The van der Waals surface area contributed by atoms with Gasteiger partial charge in [0.1, 0.15) is 0 Å². The fourth-order valence-corrected chi connectivity index (χ4v) is 2.42. The molecule has 0 heterocycles. The molecule has 0 saturated carbocycles. The fourth-order valence-electron chi connectivity index (χ4n) is 2.42. The van der Waals surface area contributed by atoms with Crippen LogP contribution < -0.4 is 11.5 Å². The summed E-state index contributed by atoms with van der Waals surface area (Å²) in [6.07, 6.45) is 0. The van der Waals surface area contributed by atoms with Crippen molar-refractivity contribution in [1.29, 1.82) is 0 Å². The van der Waals surface area contributed by atoms with Crippen molar-refractivity contribution in [3.8, 4) is 0 Å². The largest absolute Gasteiger partial charge is 0.399 e. The smallest absolute Gasteiger partial charge is 0.0320 e. The van der Waals surface area contributed by atoms with Gasteiger partial charge >= 0.3 is 0 Å². The van der Waals surface area contributed by atoms with Gasteiger partial charge in [-0.2, -0.15) is 0 Å². The number of hydrogen-bond acceptors (Lipinski definition) is 2. The van der Waals surface area contributed by atoms with Crippen molar-refractivity contribution in [1.82, 2.24) is 0 Å². The fraction of sp³-hybridized carbons (Fsp3) is 0. The maximum atomic E-state index is 5.62. The Morgan fingerprint density at radius 3 is 1.18 bits per heavy atom. The molecular formula is C20H18N2. The van der Waals surface area contributed by atoms with Crippen molar-refractivity contribution >= 4 is 32.9 Å². The molecule has 0 aliphatic rings. The van der Waals surface area contributed by atoms with Gasteiger partial charge in [-0.05, 0) is 45.8 Å². The lowest BCUT2D eigenvalue weighted by Crippen LogP contribution is -1.82. The van der Waals surface area contributed by atoms with Gasteiger partial charge in [0.05, 0.1) is 0 Å². The van der Waals surface area contributed by atoms with Crippen molar-refractivity contribution in [2.75, 3.05) is 11.5 Å².